The molecule has 4 heterocycles. The van der Waals surface area contributed by atoms with Gasteiger partial charge in [0.25, 0.3) is 0 Å². The van der Waals surface area contributed by atoms with E-state index in [0.717, 1.165) is 70.6 Å². The Morgan fingerprint density at radius 3 is 2.64 bits per heavy atom. The van der Waals surface area contributed by atoms with Gasteiger partial charge in [-0.1, -0.05) is 0 Å². The highest BCUT2D eigenvalue weighted by Crippen LogP contribution is 2.25. The van der Waals surface area contributed by atoms with E-state index in [0.29, 0.717) is 6.10 Å². The summed E-state index contributed by atoms with van der Waals surface area (Å²) < 4.78 is 11.6. The normalized spacial score (nSPS) is 26.9. The summed E-state index contributed by atoms with van der Waals surface area (Å²) in [6, 6.07) is 0. The minimum atomic E-state index is 0.354. The minimum Gasteiger partial charge on any atom is -0.378 e. The maximum Gasteiger partial charge on any atom is 0.185 e. The molecule has 6 nitrogen and oxygen atoms in total. The molecular weight excluding hydrogens is 336 g/mol. The number of morpholine rings is 1. The van der Waals surface area contributed by atoms with Crippen LogP contribution in [0.15, 0.2) is 6.20 Å². The molecule has 0 bridgehead atoms. The summed E-state index contributed by atoms with van der Waals surface area (Å²) in [7, 11) is 0. The zero-order valence-corrected chi connectivity index (χ0v) is 15.9. The molecule has 1 atom stereocenters. The monoisotopic (exact) mass is 366 g/mol. The highest BCUT2D eigenvalue weighted by atomic mass is 32.1. The molecule has 3 aliphatic heterocycles. The van der Waals surface area contributed by atoms with E-state index in [-0.39, 0.29) is 0 Å². The summed E-state index contributed by atoms with van der Waals surface area (Å²) in [5.41, 5.74) is 0. The van der Waals surface area contributed by atoms with Gasteiger partial charge in [0.15, 0.2) is 5.13 Å². The highest BCUT2D eigenvalue weighted by molar-refractivity contribution is 7.15. The largest absolute Gasteiger partial charge is 0.378 e. The first kappa shape index (κ1) is 17.7. The van der Waals surface area contributed by atoms with Gasteiger partial charge >= 0.3 is 0 Å². The number of hydrogen-bond acceptors (Lipinski definition) is 7. The third-order valence-corrected chi connectivity index (χ3v) is 6.34. The van der Waals surface area contributed by atoms with Crippen molar-refractivity contribution in [1.29, 1.82) is 0 Å². The Kier molecular flexibility index (Phi) is 6.20. The zero-order valence-electron chi connectivity index (χ0n) is 15.1. The molecule has 0 amide bonds. The lowest BCUT2D eigenvalue weighted by Gasteiger charge is -2.27. The standard InChI is InChI=1S/C18H30N4O2S/c1-2-5-20(4-1)13-16-14-21(6-3-9-24-16)15-17-12-19-18(25-17)22-7-10-23-11-8-22/h12,16H,1-11,13-15H2/t16-/m1/s1. The van der Waals surface area contributed by atoms with Crippen molar-refractivity contribution >= 4 is 16.5 Å². The molecule has 0 aromatic carbocycles. The molecule has 1 aromatic heterocycles. The summed E-state index contributed by atoms with van der Waals surface area (Å²) >= 11 is 1.84. The molecule has 0 spiro atoms. The second-order valence-corrected chi connectivity index (χ2v) is 8.39. The molecule has 4 rings (SSSR count). The van der Waals surface area contributed by atoms with Crippen molar-refractivity contribution in [2.75, 3.05) is 70.5 Å². The van der Waals surface area contributed by atoms with E-state index in [1.54, 1.807) is 0 Å². The van der Waals surface area contributed by atoms with Crippen LogP contribution in [-0.2, 0) is 16.0 Å². The number of anilines is 1. The lowest BCUT2D eigenvalue weighted by molar-refractivity contribution is 0.0309. The summed E-state index contributed by atoms with van der Waals surface area (Å²) in [4.78, 5) is 13.5. The van der Waals surface area contributed by atoms with Crippen molar-refractivity contribution in [1.82, 2.24) is 14.8 Å². The van der Waals surface area contributed by atoms with Crippen LogP contribution < -0.4 is 4.90 Å². The Morgan fingerprint density at radius 2 is 1.80 bits per heavy atom. The number of rotatable bonds is 5. The van der Waals surface area contributed by atoms with Crippen molar-refractivity contribution < 1.29 is 9.47 Å². The first-order chi connectivity index (χ1) is 12.4. The van der Waals surface area contributed by atoms with Crippen molar-refractivity contribution in [2.24, 2.45) is 0 Å². The van der Waals surface area contributed by atoms with E-state index < -0.39 is 0 Å². The lowest BCUT2D eigenvalue weighted by atomic mass is 10.3. The van der Waals surface area contributed by atoms with E-state index in [4.69, 9.17) is 9.47 Å². The third-order valence-electron chi connectivity index (χ3n) is 5.30. The topological polar surface area (TPSA) is 41.1 Å². The summed E-state index contributed by atoms with van der Waals surface area (Å²) in [5, 5.41) is 1.15. The highest BCUT2D eigenvalue weighted by Gasteiger charge is 2.23. The van der Waals surface area contributed by atoms with Gasteiger partial charge in [-0.25, -0.2) is 4.98 Å². The lowest BCUT2D eigenvalue weighted by Crippen LogP contribution is -2.39. The van der Waals surface area contributed by atoms with E-state index in [9.17, 15) is 0 Å². The molecule has 1 aromatic rings. The van der Waals surface area contributed by atoms with Crippen LogP contribution in [0.5, 0.6) is 0 Å². The van der Waals surface area contributed by atoms with E-state index in [1.165, 1.54) is 30.8 Å². The van der Waals surface area contributed by atoms with Crippen molar-refractivity contribution in [2.45, 2.75) is 31.9 Å². The van der Waals surface area contributed by atoms with Crippen molar-refractivity contribution in [3.63, 3.8) is 0 Å². The van der Waals surface area contributed by atoms with Crippen LogP contribution in [0.1, 0.15) is 24.1 Å². The Hall–Kier alpha value is -0.730. The van der Waals surface area contributed by atoms with E-state index in [2.05, 4.69) is 25.9 Å². The van der Waals surface area contributed by atoms with Crippen molar-refractivity contribution in [3.8, 4) is 0 Å². The number of thiazole rings is 1. The van der Waals surface area contributed by atoms with Gasteiger partial charge in [-0.15, -0.1) is 11.3 Å². The molecular formula is C18H30N4O2S. The molecule has 3 aliphatic rings. The van der Waals surface area contributed by atoms with Gasteiger partial charge in [0.05, 0.1) is 19.3 Å². The second-order valence-electron chi connectivity index (χ2n) is 7.30. The van der Waals surface area contributed by atoms with Gasteiger partial charge < -0.3 is 19.3 Å². The van der Waals surface area contributed by atoms with E-state index >= 15 is 0 Å². The molecule has 0 unspecified atom stereocenters. The molecule has 0 N–H and O–H groups in total. The molecule has 25 heavy (non-hydrogen) atoms. The average molecular weight is 367 g/mol. The van der Waals surface area contributed by atoms with Gasteiger partial charge in [0.1, 0.15) is 0 Å². The SMILES string of the molecule is c1nc(N2CCOCC2)sc1CN1CCCO[C@H](CN2CCCC2)C1. The van der Waals surface area contributed by atoms with Crippen LogP contribution in [0.4, 0.5) is 5.13 Å². The van der Waals surface area contributed by atoms with Gasteiger partial charge in [-0.2, -0.15) is 0 Å². The smallest absolute Gasteiger partial charge is 0.185 e. The number of likely N-dealkylation sites (tertiary alicyclic amines) is 1. The van der Waals surface area contributed by atoms with Gasteiger partial charge in [0, 0.05) is 56.9 Å². The van der Waals surface area contributed by atoms with Crippen LogP contribution in [-0.4, -0.2) is 86.5 Å². The van der Waals surface area contributed by atoms with E-state index in [1.807, 2.05) is 11.3 Å². The molecule has 3 fully saturated rings. The van der Waals surface area contributed by atoms with Crippen LogP contribution in [0.2, 0.25) is 0 Å². The van der Waals surface area contributed by atoms with Gasteiger partial charge in [-0.05, 0) is 32.4 Å². The number of hydrogen-bond donors (Lipinski definition) is 0. The Bertz CT molecular complexity index is 529. The Labute approximate surface area is 154 Å². The molecule has 3 saturated heterocycles. The van der Waals surface area contributed by atoms with Gasteiger partial charge in [-0.3, -0.25) is 4.90 Å². The maximum atomic E-state index is 6.12. The predicted octanol–water partition coefficient (Wildman–Crippen LogP) is 1.67. The number of aromatic nitrogens is 1. The quantitative estimate of drug-likeness (QED) is 0.790. The average Bonchev–Trinajstić information content (AvgIpc) is 3.26. The zero-order chi connectivity index (χ0) is 16.9. The fourth-order valence-corrected chi connectivity index (χ4v) is 4.97. The predicted molar refractivity (Wildman–Crippen MR) is 100 cm³/mol. The summed E-state index contributed by atoms with van der Waals surface area (Å²) in [5.74, 6) is 0. The number of ether oxygens (including phenoxy) is 2. The van der Waals surface area contributed by atoms with Crippen LogP contribution in [0.3, 0.4) is 0 Å². The maximum absolute atomic E-state index is 6.12. The molecule has 0 aliphatic carbocycles. The van der Waals surface area contributed by atoms with Crippen LogP contribution >= 0.6 is 11.3 Å². The van der Waals surface area contributed by atoms with Gasteiger partial charge in [0.2, 0.25) is 0 Å². The third kappa shape index (κ3) is 4.92. The van der Waals surface area contributed by atoms with Crippen molar-refractivity contribution in [3.05, 3.63) is 11.1 Å². The molecule has 0 radical (unpaired) electrons. The first-order valence-corrected chi connectivity index (χ1v) is 10.5. The van der Waals surface area contributed by atoms with Crippen LogP contribution in [0, 0.1) is 0 Å². The van der Waals surface area contributed by atoms with Crippen LogP contribution in [0.25, 0.3) is 0 Å². The molecule has 140 valence electrons. The molecule has 7 heteroatoms. The fourth-order valence-electron chi connectivity index (χ4n) is 3.97. The Morgan fingerprint density at radius 1 is 1.00 bits per heavy atom. The second kappa shape index (κ2) is 8.77. The minimum absolute atomic E-state index is 0.354. The summed E-state index contributed by atoms with van der Waals surface area (Å²) in [6.07, 6.45) is 6.25. The first-order valence-electron chi connectivity index (χ1n) is 9.70. The fraction of sp³-hybridized carbons (Fsp3) is 0.833. The number of nitrogens with zero attached hydrogens (tertiary/aromatic N) is 4. The molecule has 0 saturated carbocycles. The summed E-state index contributed by atoms with van der Waals surface area (Å²) in [6.45, 7) is 11.2. The Balaban J connectivity index is 1.31.